The van der Waals surface area contributed by atoms with Crippen LogP contribution < -0.4 is 14.8 Å². The summed E-state index contributed by atoms with van der Waals surface area (Å²) < 4.78 is 11.6. The van der Waals surface area contributed by atoms with Crippen LogP contribution >= 0.6 is 27.3 Å². The summed E-state index contributed by atoms with van der Waals surface area (Å²) in [6.45, 7) is 7.58. The van der Waals surface area contributed by atoms with Gasteiger partial charge < -0.3 is 24.6 Å². The van der Waals surface area contributed by atoms with E-state index in [1.807, 2.05) is 66.6 Å². The van der Waals surface area contributed by atoms with Crippen LogP contribution in [0.3, 0.4) is 0 Å². The number of halogens is 1. The molecule has 7 nitrogen and oxygen atoms in total. The van der Waals surface area contributed by atoms with E-state index in [-0.39, 0.29) is 24.4 Å². The number of carbonyl (C=O) groups is 2. The van der Waals surface area contributed by atoms with Gasteiger partial charge in [-0.05, 0) is 82.0 Å². The maximum atomic E-state index is 13.7. The lowest BCUT2D eigenvalue weighted by Gasteiger charge is -2.29. The highest BCUT2D eigenvalue weighted by atomic mass is 79.9. The highest BCUT2D eigenvalue weighted by Gasteiger charge is 2.23. The summed E-state index contributed by atoms with van der Waals surface area (Å²) in [5, 5.41) is 4.98. The number of thiophene rings is 1. The number of carbonyl (C=O) groups excluding carboxylic acids is 2. The number of methoxy groups -OCH3 is 2. The fourth-order valence-corrected chi connectivity index (χ4v) is 5.32. The first-order chi connectivity index (χ1) is 18.2. The molecule has 0 aliphatic rings. The molecule has 204 valence electrons. The Labute approximate surface area is 237 Å². The summed E-state index contributed by atoms with van der Waals surface area (Å²) in [5.74, 6) is 1.43. The molecule has 1 N–H and O–H groups in total. The fourth-order valence-electron chi connectivity index (χ4n) is 4.01. The molecule has 0 atom stereocenters. The second-order valence-electron chi connectivity index (χ2n) is 9.47. The van der Waals surface area contributed by atoms with E-state index in [1.54, 1.807) is 30.5 Å². The van der Waals surface area contributed by atoms with Gasteiger partial charge in [0.2, 0.25) is 5.91 Å². The van der Waals surface area contributed by atoms with E-state index in [0.717, 1.165) is 20.5 Å². The summed E-state index contributed by atoms with van der Waals surface area (Å²) >= 11 is 5.12. The molecule has 9 heteroatoms. The van der Waals surface area contributed by atoms with E-state index < -0.39 is 0 Å². The zero-order chi connectivity index (χ0) is 27.7. The molecule has 0 radical (unpaired) electrons. The van der Waals surface area contributed by atoms with E-state index in [0.29, 0.717) is 43.2 Å². The van der Waals surface area contributed by atoms with Crippen LogP contribution in [0.2, 0.25) is 0 Å². The van der Waals surface area contributed by atoms with Crippen LogP contribution in [0.25, 0.3) is 0 Å². The van der Waals surface area contributed by atoms with Gasteiger partial charge in [-0.2, -0.15) is 0 Å². The van der Waals surface area contributed by atoms with Gasteiger partial charge in [0.25, 0.3) is 0 Å². The van der Waals surface area contributed by atoms with E-state index in [1.165, 1.54) is 0 Å². The Kier molecular flexibility index (Phi) is 11.0. The molecule has 3 amide bonds. The second kappa shape index (κ2) is 14.2. The molecule has 0 spiro atoms. The SMILES string of the molecule is COc1ccc(CCN(Cc2sccc2C)C(=O)CN(CC(C)C)C(=O)Nc2ccccc2Br)cc1OC. The zero-order valence-electron chi connectivity index (χ0n) is 22.6. The zero-order valence-corrected chi connectivity index (χ0v) is 25.0. The van der Waals surface area contributed by atoms with Crippen LogP contribution in [-0.2, 0) is 17.8 Å². The highest BCUT2D eigenvalue weighted by molar-refractivity contribution is 9.10. The molecule has 3 rings (SSSR count). The first-order valence-corrected chi connectivity index (χ1v) is 14.2. The molecule has 38 heavy (non-hydrogen) atoms. The summed E-state index contributed by atoms with van der Waals surface area (Å²) in [6, 6.07) is 15.0. The van der Waals surface area contributed by atoms with E-state index in [9.17, 15) is 9.59 Å². The topological polar surface area (TPSA) is 71.1 Å². The maximum absolute atomic E-state index is 13.7. The van der Waals surface area contributed by atoms with Crippen LogP contribution in [-0.4, -0.2) is 55.6 Å². The van der Waals surface area contributed by atoms with Gasteiger partial charge in [-0.3, -0.25) is 4.79 Å². The summed E-state index contributed by atoms with van der Waals surface area (Å²) in [5.41, 5.74) is 2.86. The lowest BCUT2D eigenvalue weighted by molar-refractivity contribution is -0.132. The molecule has 0 aliphatic carbocycles. The van der Waals surface area contributed by atoms with Crippen molar-refractivity contribution in [2.75, 3.05) is 39.2 Å². The van der Waals surface area contributed by atoms with Crippen molar-refractivity contribution in [2.24, 2.45) is 5.92 Å². The molecule has 0 aliphatic heterocycles. The first-order valence-electron chi connectivity index (χ1n) is 12.5. The van der Waals surface area contributed by atoms with Crippen LogP contribution in [0.1, 0.15) is 29.9 Å². The van der Waals surface area contributed by atoms with Crippen molar-refractivity contribution < 1.29 is 19.1 Å². The number of benzene rings is 2. The maximum Gasteiger partial charge on any atom is 0.322 e. The van der Waals surface area contributed by atoms with Gasteiger partial charge in [-0.25, -0.2) is 4.79 Å². The van der Waals surface area contributed by atoms with Gasteiger partial charge in [0.1, 0.15) is 6.54 Å². The quantitative estimate of drug-likeness (QED) is 0.254. The molecule has 0 saturated heterocycles. The number of nitrogens with zero attached hydrogens (tertiary/aromatic N) is 2. The van der Waals surface area contributed by atoms with Gasteiger partial charge in [0.15, 0.2) is 11.5 Å². The summed E-state index contributed by atoms with van der Waals surface area (Å²) in [7, 11) is 3.22. The minimum atomic E-state index is -0.300. The molecule has 0 fully saturated rings. The standard InChI is InChI=1S/C29H36BrN3O4S/c1-20(2)17-33(29(35)31-24-9-7-6-8-23(24)30)19-28(34)32(18-27-21(3)13-15-38-27)14-12-22-10-11-25(36-4)26(16-22)37-5/h6-11,13,15-16,20H,12,14,17-19H2,1-5H3,(H,31,35). The van der Waals surface area contributed by atoms with Crippen molar-refractivity contribution in [3.05, 3.63) is 74.4 Å². The average molecular weight is 603 g/mol. The number of para-hydroxylation sites is 1. The Morgan fingerprint density at radius 2 is 1.76 bits per heavy atom. The molecular formula is C29H36BrN3O4S. The predicted octanol–water partition coefficient (Wildman–Crippen LogP) is 6.60. The third-order valence-corrected chi connectivity index (χ3v) is 7.79. The molecule has 0 unspecified atom stereocenters. The number of urea groups is 1. The van der Waals surface area contributed by atoms with Crippen LogP contribution in [0.5, 0.6) is 11.5 Å². The number of aryl methyl sites for hydroxylation is 1. The van der Waals surface area contributed by atoms with Gasteiger partial charge in [-0.15, -0.1) is 11.3 Å². The molecule has 3 aromatic rings. The third kappa shape index (κ3) is 8.23. The number of amides is 3. The van der Waals surface area contributed by atoms with Crippen molar-refractivity contribution in [1.82, 2.24) is 9.80 Å². The Morgan fingerprint density at radius 1 is 1.03 bits per heavy atom. The molecular weight excluding hydrogens is 566 g/mol. The lowest BCUT2D eigenvalue weighted by Crippen LogP contribution is -2.46. The van der Waals surface area contributed by atoms with Crippen LogP contribution in [0.4, 0.5) is 10.5 Å². The minimum Gasteiger partial charge on any atom is -0.493 e. The van der Waals surface area contributed by atoms with Gasteiger partial charge in [-0.1, -0.05) is 32.0 Å². The van der Waals surface area contributed by atoms with Gasteiger partial charge >= 0.3 is 6.03 Å². The summed E-state index contributed by atoms with van der Waals surface area (Å²) in [6.07, 6.45) is 0.643. The van der Waals surface area contributed by atoms with Crippen LogP contribution in [0.15, 0.2) is 58.4 Å². The van der Waals surface area contributed by atoms with Crippen molar-refractivity contribution in [1.29, 1.82) is 0 Å². The van der Waals surface area contributed by atoms with Gasteiger partial charge in [0, 0.05) is 22.4 Å². The molecule has 0 saturated carbocycles. The van der Waals surface area contributed by atoms with Crippen molar-refractivity contribution in [2.45, 2.75) is 33.7 Å². The first kappa shape index (κ1) is 29.5. The monoisotopic (exact) mass is 601 g/mol. The fraction of sp³-hybridized carbons (Fsp3) is 0.379. The summed E-state index contributed by atoms with van der Waals surface area (Å²) in [4.78, 5) is 31.5. The molecule has 1 heterocycles. The lowest BCUT2D eigenvalue weighted by atomic mass is 10.1. The largest absolute Gasteiger partial charge is 0.493 e. The normalized spacial score (nSPS) is 10.8. The van der Waals surface area contributed by atoms with E-state index in [4.69, 9.17) is 9.47 Å². The average Bonchev–Trinajstić information content (AvgIpc) is 3.30. The molecule has 1 aromatic heterocycles. The molecule has 0 bridgehead atoms. The second-order valence-corrected chi connectivity index (χ2v) is 11.3. The Balaban J connectivity index is 1.78. The highest BCUT2D eigenvalue weighted by Crippen LogP contribution is 2.28. The van der Waals surface area contributed by atoms with Crippen molar-refractivity contribution >= 4 is 44.9 Å². The Hall–Kier alpha value is -3.04. The predicted molar refractivity (Wildman–Crippen MR) is 157 cm³/mol. The smallest absolute Gasteiger partial charge is 0.322 e. The molecule has 2 aromatic carbocycles. The Morgan fingerprint density at radius 3 is 2.39 bits per heavy atom. The number of nitrogens with one attached hydrogen (secondary N) is 1. The minimum absolute atomic E-state index is 0.00910. The van der Waals surface area contributed by atoms with Crippen LogP contribution in [0, 0.1) is 12.8 Å². The number of hydrogen-bond donors (Lipinski definition) is 1. The number of ether oxygens (including phenoxy) is 2. The van der Waals surface area contributed by atoms with Crippen molar-refractivity contribution in [3.63, 3.8) is 0 Å². The third-order valence-electron chi connectivity index (χ3n) is 6.09. The Bertz CT molecular complexity index is 1230. The van der Waals surface area contributed by atoms with Gasteiger partial charge in [0.05, 0.1) is 26.5 Å². The van der Waals surface area contributed by atoms with E-state index in [2.05, 4.69) is 34.2 Å². The van der Waals surface area contributed by atoms with E-state index >= 15 is 0 Å². The number of rotatable bonds is 12. The van der Waals surface area contributed by atoms with Crippen molar-refractivity contribution in [3.8, 4) is 11.5 Å². The number of hydrogen-bond acceptors (Lipinski definition) is 5. The number of anilines is 1.